The second-order valence-corrected chi connectivity index (χ2v) is 7.21. The van der Waals surface area contributed by atoms with Crippen LogP contribution in [0, 0.1) is 0 Å². The van der Waals surface area contributed by atoms with Crippen molar-refractivity contribution in [3.63, 3.8) is 0 Å². The van der Waals surface area contributed by atoms with E-state index in [0.717, 1.165) is 18.5 Å². The quantitative estimate of drug-likeness (QED) is 0.477. The predicted octanol–water partition coefficient (Wildman–Crippen LogP) is 1.89. The number of carbonyl (C=O) groups is 2. The van der Waals surface area contributed by atoms with Crippen LogP contribution < -0.4 is 16.0 Å². The molecule has 8 heteroatoms. The molecule has 1 atom stereocenters. The summed E-state index contributed by atoms with van der Waals surface area (Å²) in [6, 6.07) is 11.3. The summed E-state index contributed by atoms with van der Waals surface area (Å²) in [5.41, 5.74) is 1.56. The zero-order valence-corrected chi connectivity index (χ0v) is 17.5. The molecule has 8 nitrogen and oxygen atoms in total. The van der Waals surface area contributed by atoms with Gasteiger partial charge in [-0.2, -0.15) is 0 Å². The first-order chi connectivity index (χ1) is 14.6. The third-order valence-corrected chi connectivity index (χ3v) is 5.06. The highest BCUT2D eigenvalue weighted by Gasteiger charge is 2.25. The number of rotatable bonds is 7. The fourth-order valence-electron chi connectivity index (χ4n) is 3.41. The van der Waals surface area contributed by atoms with Crippen molar-refractivity contribution in [1.29, 1.82) is 0 Å². The second kappa shape index (κ2) is 10.5. The van der Waals surface area contributed by atoms with Gasteiger partial charge in [0.05, 0.1) is 12.8 Å². The third kappa shape index (κ3) is 5.85. The monoisotopic (exact) mass is 411 g/mol. The summed E-state index contributed by atoms with van der Waals surface area (Å²) >= 11 is 0. The number of benzene rings is 1. The van der Waals surface area contributed by atoms with Crippen LogP contribution >= 0.6 is 0 Å². The fourth-order valence-corrected chi connectivity index (χ4v) is 3.41. The smallest absolute Gasteiger partial charge is 0.251 e. The summed E-state index contributed by atoms with van der Waals surface area (Å²) in [6.07, 6.45) is 3.02. The van der Waals surface area contributed by atoms with Crippen molar-refractivity contribution >= 4 is 17.8 Å². The normalized spacial score (nSPS) is 16.4. The number of carbonyl (C=O) groups excluding carboxylic acids is 2. The Bertz CT molecular complexity index is 879. The van der Waals surface area contributed by atoms with Crippen LogP contribution in [-0.4, -0.2) is 48.9 Å². The molecule has 3 N–H and O–H groups in total. The van der Waals surface area contributed by atoms with Gasteiger partial charge in [-0.1, -0.05) is 19.1 Å². The number of guanidine groups is 1. The maximum absolute atomic E-state index is 12.4. The molecule has 0 bridgehead atoms. The highest BCUT2D eigenvalue weighted by atomic mass is 16.3. The molecule has 0 spiro atoms. The molecule has 0 aliphatic carbocycles. The summed E-state index contributed by atoms with van der Waals surface area (Å²) in [6.45, 7) is 4.23. The van der Waals surface area contributed by atoms with Crippen molar-refractivity contribution in [3.8, 4) is 0 Å². The van der Waals surface area contributed by atoms with Gasteiger partial charge < -0.3 is 25.3 Å². The summed E-state index contributed by atoms with van der Waals surface area (Å²) < 4.78 is 5.23. The molecular weight excluding hydrogens is 382 g/mol. The minimum absolute atomic E-state index is 0.151. The molecular formula is C22H29N5O3. The first kappa shape index (κ1) is 21.4. The Hall–Kier alpha value is -3.29. The van der Waals surface area contributed by atoms with Gasteiger partial charge in [0.1, 0.15) is 5.76 Å². The fraction of sp³-hybridized carbons (Fsp3) is 0.409. The van der Waals surface area contributed by atoms with Crippen LogP contribution in [0.2, 0.25) is 0 Å². The van der Waals surface area contributed by atoms with Gasteiger partial charge in [-0.05, 0) is 36.2 Å². The van der Waals surface area contributed by atoms with E-state index >= 15 is 0 Å². The minimum Gasteiger partial charge on any atom is -0.467 e. The van der Waals surface area contributed by atoms with Crippen molar-refractivity contribution in [2.45, 2.75) is 38.9 Å². The van der Waals surface area contributed by atoms with Crippen molar-refractivity contribution in [3.05, 3.63) is 59.5 Å². The Morgan fingerprint density at radius 3 is 2.80 bits per heavy atom. The molecule has 3 rings (SSSR count). The first-order valence-corrected chi connectivity index (χ1v) is 10.2. The number of furan rings is 1. The summed E-state index contributed by atoms with van der Waals surface area (Å²) in [7, 11) is 1.72. The van der Waals surface area contributed by atoms with E-state index < -0.39 is 0 Å². The lowest BCUT2D eigenvalue weighted by molar-refractivity contribution is -0.129. The van der Waals surface area contributed by atoms with Gasteiger partial charge in [-0.3, -0.25) is 14.6 Å². The highest BCUT2D eigenvalue weighted by Crippen LogP contribution is 2.11. The second-order valence-electron chi connectivity index (χ2n) is 7.21. The lowest BCUT2D eigenvalue weighted by Crippen LogP contribution is -2.44. The third-order valence-electron chi connectivity index (χ3n) is 5.06. The molecule has 1 unspecified atom stereocenters. The van der Waals surface area contributed by atoms with Crippen molar-refractivity contribution in [2.24, 2.45) is 4.99 Å². The van der Waals surface area contributed by atoms with E-state index in [0.29, 0.717) is 43.3 Å². The van der Waals surface area contributed by atoms with Crippen LogP contribution in [0.15, 0.2) is 52.1 Å². The lowest BCUT2D eigenvalue weighted by atomic mass is 10.1. The zero-order chi connectivity index (χ0) is 21.3. The molecule has 160 valence electrons. The molecule has 0 saturated carbocycles. The Labute approximate surface area is 176 Å². The molecule has 1 aliphatic rings. The largest absolute Gasteiger partial charge is 0.467 e. The van der Waals surface area contributed by atoms with Crippen LogP contribution in [0.3, 0.4) is 0 Å². The minimum atomic E-state index is -0.151. The molecule has 30 heavy (non-hydrogen) atoms. The van der Waals surface area contributed by atoms with E-state index in [-0.39, 0.29) is 17.9 Å². The molecule has 0 radical (unpaired) electrons. The summed E-state index contributed by atoms with van der Waals surface area (Å²) in [5, 5.41) is 9.50. The predicted molar refractivity (Wildman–Crippen MR) is 115 cm³/mol. The van der Waals surface area contributed by atoms with E-state index in [9.17, 15) is 9.59 Å². The van der Waals surface area contributed by atoms with Gasteiger partial charge in [0.2, 0.25) is 5.91 Å². The standard InChI is InChI=1S/C22H29N5O3/c1-3-20(28)27-10-9-18(15-27)26-22(23-2)25-13-16-6-4-7-17(12-16)21(29)24-14-19-8-5-11-30-19/h4-8,11-12,18H,3,9-10,13-15H2,1-2H3,(H,24,29)(H2,23,25,26). The summed E-state index contributed by atoms with van der Waals surface area (Å²) in [4.78, 5) is 30.4. The molecule has 1 saturated heterocycles. The zero-order valence-electron chi connectivity index (χ0n) is 17.5. The Morgan fingerprint density at radius 1 is 1.20 bits per heavy atom. The van der Waals surface area contributed by atoms with E-state index in [1.54, 1.807) is 25.4 Å². The van der Waals surface area contributed by atoms with Crippen molar-refractivity contribution in [1.82, 2.24) is 20.9 Å². The summed E-state index contributed by atoms with van der Waals surface area (Å²) in [5.74, 6) is 1.42. The molecule has 1 fully saturated rings. The Morgan fingerprint density at radius 2 is 2.07 bits per heavy atom. The van der Waals surface area contributed by atoms with Crippen LogP contribution in [0.25, 0.3) is 0 Å². The van der Waals surface area contributed by atoms with Crippen LogP contribution in [0.1, 0.15) is 41.4 Å². The van der Waals surface area contributed by atoms with Crippen LogP contribution in [-0.2, 0) is 17.9 Å². The van der Waals surface area contributed by atoms with Crippen LogP contribution in [0.5, 0.6) is 0 Å². The van der Waals surface area contributed by atoms with E-state index in [4.69, 9.17) is 4.42 Å². The molecule has 1 aromatic carbocycles. The van der Waals surface area contributed by atoms with Gasteiger partial charge in [-0.25, -0.2) is 0 Å². The number of aliphatic imine (C=N–C) groups is 1. The number of amides is 2. The topological polar surface area (TPSA) is 99.0 Å². The number of nitrogens with zero attached hydrogens (tertiary/aromatic N) is 2. The van der Waals surface area contributed by atoms with Gasteiger partial charge >= 0.3 is 0 Å². The van der Waals surface area contributed by atoms with E-state index in [2.05, 4.69) is 20.9 Å². The number of likely N-dealkylation sites (tertiary alicyclic amines) is 1. The van der Waals surface area contributed by atoms with Crippen LogP contribution in [0.4, 0.5) is 0 Å². The number of nitrogens with one attached hydrogen (secondary N) is 3. The molecule has 1 aliphatic heterocycles. The highest BCUT2D eigenvalue weighted by molar-refractivity contribution is 5.94. The van der Waals surface area contributed by atoms with E-state index in [1.807, 2.05) is 36.1 Å². The average Bonchev–Trinajstić information content (AvgIpc) is 3.46. The Kier molecular flexibility index (Phi) is 7.48. The Balaban J connectivity index is 1.49. The number of hydrogen-bond acceptors (Lipinski definition) is 4. The maximum Gasteiger partial charge on any atom is 0.251 e. The molecule has 2 amide bonds. The average molecular weight is 412 g/mol. The SMILES string of the molecule is CCC(=O)N1CCC(NC(=NC)NCc2cccc(C(=O)NCc3ccco3)c2)C1. The first-order valence-electron chi connectivity index (χ1n) is 10.2. The molecule has 2 aromatic rings. The molecule has 1 aromatic heterocycles. The van der Waals surface area contributed by atoms with E-state index in [1.165, 1.54) is 0 Å². The maximum atomic E-state index is 12.4. The van der Waals surface area contributed by atoms with Gasteiger partial charge in [0.15, 0.2) is 5.96 Å². The van der Waals surface area contributed by atoms with Gasteiger partial charge in [0.25, 0.3) is 5.91 Å². The molecule has 2 heterocycles. The number of hydrogen-bond donors (Lipinski definition) is 3. The lowest BCUT2D eigenvalue weighted by Gasteiger charge is -2.19. The van der Waals surface area contributed by atoms with Gasteiger partial charge in [0, 0.05) is 44.7 Å². The van der Waals surface area contributed by atoms with Crippen molar-refractivity contribution in [2.75, 3.05) is 20.1 Å². The van der Waals surface area contributed by atoms with Gasteiger partial charge in [-0.15, -0.1) is 0 Å². The van der Waals surface area contributed by atoms with Crippen molar-refractivity contribution < 1.29 is 14.0 Å².